The molecule has 0 aliphatic heterocycles. The molecule has 0 bridgehead atoms. The maximum absolute atomic E-state index is 11.4. The van der Waals surface area contributed by atoms with Crippen molar-refractivity contribution < 1.29 is 4.79 Å². The Balaban J connectivity index is 2.48. The van der Waals surface area contributed by atoms with Crippen molar-refractivity contribution in [2.45, 2.75) is 26.8 Å². The van der Waals surface area contributed by atoms with Gasteiger partial charge in [-0.25, -0.2) is 4.79 Å². The average Bonchev–Trinajstić information content (AvgIpc) is 2.14. The van der Waals surface area contributed by atoms with E-state index in [1.807, 2.05) is 13.8 Å². The number of aromatic nitrogens is 2. The van der Waals surface area contributed by atoms with Gasteiger partial charge in [0.05, 0.1) is 6.67 Å². The van der Waals surface area contributed by atoms with Gasteiger partial charge in [-0.15, -0.1) is 0 Å². The highest BCUT2D eigenvalue weighted by molar-refractivity contribution is 5.87. The summed E-state index contributed by atoms with van der Waals surface area (Å²) in [5, 5.41) is 8.04. The molecule has 0 fully saturated rings. The molecule has 1 rings (SSSR count). The number of carbonyl (C=O) groups excluding carboxylic acids is 1. The van der Waals surface area contributed by atoms with Gasteiger partial charge in [0.25, 0.3) is 5.56 Å². The van der Waals surface area contributed by atoms with Gasteiger partial charge in [0, 0.05) is 17.8 Å². The van der Waals surface area contributed by atoms with Crippen LogP contribution in [-0.4, -0.2) is 28.7 Å². The van der Waals surface area contributed by atoms with Gasteiger partial charge in [-0.3, -0.25) is 15.4 Å². The molecule has 4 N–H and O–H groups in total. The topological polar surface area (TPSA) is 98.9 Å². The first-order valence-corrected chi connectivity index (χ1v) is 5.33. The van der Waals surface area contributed by atoms with Crippen molar-refractivity contribution in [2.24, 2.45) is 0 Å². The summed E-state index contributed by atoms with van der Waals surface area (Å²) >= 11 is 0. The summed E-state index contributed by atoms with van der Waals surface area (Å²) in [7, 11) is 0. The van der Waals surface area contributed by atoms with Crippen LogP contribution >= 0.6 is 0 Å². The van der Waals surface area contributed by atoms with Crippen molar-refractivity contribution in [1.82, 2.24) is 20.6 Å². The fraction of sp³-hybridized carbons (Fsp3) is 0.500. The lowest BCUT2D eigenvalue weighted by molar-refractivity contribution is 0.251. The molecular weight excluding hydrogens is 222 g/mol. The zero-order chi connectivity index (χ0) is 12.8. The third-order valence-electron chi connectivity index (χ3n) is 1.87. The van der Waals surface area contributed by atoms with E-state index >= 15 is 0 Å². The monoisotopic (exact) mass is 239 g/mol. The van der Waals surface area contributed by atoms with Crippen LogP contribution in [0, 0.1) is 6.92 Å². The number of H-pyrrole nitrogens is 1. The van der Waals surface area contributed by atoms with Gasteiger partial charge in [0.2, 0.25) is 5.95 Å². The van der Waals surface area contributed by atoms with Gasteiger partial charge in [0.1, 0.15) is 0 Å². The summed E-state index contributed by atoms with van der Waals surface area (Å²) in [6.07, 6.45) is 0. The minimum Gasteiger partial charge on any atom is -0.329 e. The normalized spacial score (nSPS) is 10.4. The Hall–Kier alpha value is -1.89. The van der Waals surface area contributed by atoms with Gasteiger partial charge in [-0.05, 0) is 20.8 Å². The highest BCUT2D eigenvalue weighted by Crippen LogP contribution is 1.94. The second-order valence-corrected chi connectivity index (χ2v) is 3.92. The van der Waals surface area contributed by atoms with E-state index in [0.717, 1.165) is 0 Å². The lowest BCUT2D eigenvalue weighted by Gasteiger charge is -2.10. The van der Waals surface area contributed by atoms with E-state index in [1.54, 1.807) is 6.92 Å². The second kappa shape index (κ2) is 6.00. The molecule has 7 nitrogen and oxygen atoms in total. The molecule has 1 heterocycles. The zero-order valence-corrected chi connectivity index (χ0v) is 10.1. The summed E-state index contributed by atoms with van der Waals surface area (Å²) in [6.45, 7) is 6.00. The van der Waals surface area contributed by atoms with E-state index in [0.29, 0.717) is 12.4 Å². The van der Waals surface area contributed by atoms with Crippen LogP contribution in [0.5, 0.6) is 0 Å². The highest BCUT2D eigenvalue weighted by atomic mass is 16.2. The van der Waals surface area contributed by atoms with Gasteiger partial charge in [0.15, 0.2) is 0 Å². The molecule has 1 aromatic heterocycles. The molecule has 7 heteroatoms. The molecule has 0 aliphatic carbocycles. The number of amides is 2. The number of rotatable bonds is 4. The molecule has 94 valence electrons. The molecule has 0 saturated heterocycles. The van der Waals surface area contributed by atoms with Crippen LogP contribution < -0.4 is 21.5 Å². The number of carbonyl (C=O) groups is 1. The van der Waals surface area contributed by atoms with Gasteiger partial charge < -0.3 is 10.3 Å². The SMILES string of the molecule is Cc1cc(=O)nc(NC(=O)NCNC(C)C)[nH]1. The molecule has 17 heavy (non-hydrogen) atoms. The molecule has 0 spiro atoms. The van der Waals surface area contributed by atoms with E-state index in [2.05, 4.69) is 25.9 Å². The number of aryl methyl sites for hydroxylation is 1. The zero-order valence-electron chi connectivity index (χ0n) is 10.1. The first-order chi connectivity index (χ1) is 7.97. The van der Waals surface area contributed by atoms with E-state index in [9.17, 15) is 9.59 Å². The standard InChI is InChI=1S/C10H17N5O2/c1-6(2)11-5-12-10(17)15-9-13-7(3)4-8(16)14-9/h4,6,11H,5H2,1-3H3,(H3,12,13,14,15,16,17). The number of nitrogens with one attached hydrogen (secondary N) is 4. The first kappa shape index (κ1) is 13.2. The predicted octanol–water partition coefficient (Wildman–Crippen LogP) is 0.155. The van der Waals surface area contributed by atoms with Crippen LogP contribution in [0.3, 0.4) is 0 Å². The third kappa shape index (κ3) is 5.12. The highest BCUT2D eigenvalue weighted by Gasteiger charge is 2.03. The second-order valence-electron chi connectivity index (χ2n) is 3.92. The fourth-order valence-corrected chi connectivity index (χ4v) is 1.12. The summed E-state index contributed by atoms with van der Waals surface area (Å²) in [5.41, 5.74) is 0.248. The van der Waals surface area contributed by atoms with E-state index < -0.39 is 11.6 Å². The Kier molecular flexibility index (Phi) is 4.65. The number of aromatic amines is 1. The summed E-state index contributed by atoms with van der Waals surface area (Å²) in [5.74, 6) is 0.136. The van der Waals surface area contributed by atoms with Crippen molar-refractivity contribution in [3.05, 3.63) is 22.1 Å². The largest absolute Gasteiger partial charge is 0.329 e. The van der Waals surface area contributed by atoms with Crippen molar-refractivity contribution in [3.8, 4) is 0 Å². The van der Waals surface area contributed by atoms with E-state index in [4.69, 9.17) is 0 Å². The number of urea groups is 1. The maximum atomic E-state index is 11.4. The average molecular weight is 239 g/mol. The smallest absolute Gasteiger partial charge is 0.322 e. The Labute approximate surface area is 99.0 Å². The Morgan fingerprint density at radius 3 is 2.82 bits per heavy atom. The first-order valence-electron chi connectivity index (χ1n) is 5.33. The van der Waals surface area contributed by atoms with Crippen LogP contribution in [0.4, 0.5) is 10.7 Å². The quantitative estimate of drug-likeness (QED) is 0.562. The summed E-state index contributed by atoms with van der Waals surface area (Å²) in [6, 6.07) is 1.21. The van der Waals surface area contributed by atoms with Gasteiger partial charge in [-0.2, -0.15) is 4.98 Å². The van der Waals surface area contributed by atoms with E-state index in [1.165, 1.54) is 6.07 Å². The Morgan fingerprint density at radius 1 is 1.53 bits per heavy atom. The Bertz CT molecular complexity index is 441. The lowest BCUT2D eigenvalue weighted by atomic mass is 10.4. The summed E-state index contributed by atoms with van der Waals surface area (Å²) < 4.78 is 0. The lowest BCUT2D eigenvalue weighted by Crippen LogP contribution is -2.39. The molecule has 2 amide bonds. The van der Waals surface area contributed by atoms with Crippen molar-refractivity contribution in [3.63, 3.8) is 0 Å². The number of hydrogen-bond acceptors (Lipinski definition) is 4. The molecule has 0 unspecified atom stereocenters. The third-order valence-corrected chi connectivity index (χ3v) is 1.87. The minimum absolute atomic E-state index is 0.136. The fourth-order valence-electron chi connectivity index (χ4n) is 1.12. The predicted molar refractivity (Wildman–Crippen MR) is 64.9 cm³/mol. The molecule has 0 atom stereocenters. The molecule has 0 saturated carbocycles. The molecular formula is C10H17N5O2. The van der Waals surface area contributed by atoms with Crippen LogP contribution in [0.15, 0.2) is 10.9 Å². The van der Waals surface area contributed by atoms with Crippen LogP contribution in [-0.2, 0) is 0 Å². The van der Waals surface area contributed by atoms with Gasteiger partial charge in [-0.1, -0.05) is 0 Å². The minimum atomic E-state index is -0.424. The van der Waals surface area contributed by atoms with E-state index in [-0.39, 0.29) is 12.0 Å². The number of anilines is 1. The molecule has 0 aliphatic rings. The number of nitrogens with zero attached hydrogens (tertiary/aromatic N) is 1. The van der Waals surface area contributed by atoms with Crippen LogP contribution in [0.1, 0.15) is 19.5 Å². The maximum Gasteiger partial charge on any atom is 0.322 e. The van der Waals surface area contributed by atoms with Crippen molar-refractivity contribution in [2.75, 3.05) is 12.0 Å². The summed E-state index contributed by atoms with van der Waals surface area (Å²) in [4.78, 5) is 28.9. The van der Waals surface area contributed by atoms with Crippen molar-refractivity contribution in [1.29, 1.82) is 0 Å². The van der Waals surface area contributed by atoms with Crippen LogP contribution in [0.25, 0.3) is 0 Å². The van der Waals surface area contributed by atoms with Gasteiger partial charge >= 0.3 is 6.03 Å². The van der Waals surface area contributed by atoms with Crippen LogP contribution in [0.2, 0.25) is 0 Å². The molecule has 0 aromatic carbocycles. The van der Waals surface area contributed by atoms with Crippen molar-refractivity contribution >= 4 is 12.0 Å². The Morgan fingerprint density at radius 2 is 2.24 bits per heavy atom. The molecule has 1 aromatic rings. The number of hydrogen-bond donors (Lipinski definition) is 4. The molecule has 0 radical (unpaired) electrons.